The first kappa shape index (κ1) is 15.5. The quantitative estimate of drug-likeness (QED) is 0.484. The van der Waals surface area contributed by atoms with E-state index in [-0.39, 0.29) is 11.4 Å². The Labute approximate surface area is 130 Å². The molecule has 3 heteroatoms. The molecule has 22 heavy (non-hydrogen) atoms. The van der Waals surface area contributed by atoms with Crippen LogP contribution in [0.3, 0.4) is 0 Å². The van der Waals surface area contributed by atoms with Crippen LogP contribution in [0, 0.1) is 25.2 Å². The third-order valence-electron chi connectivity index (χ3n) is 3.42. The van der Waals surface area contributed by atoms with Crippen LogP contribution in [0.15, 0.2) is 48.0 Å². The van der Waals surface area contributed by atoms with Crippen molar-refractivity contribution in [2.75, 3.05) is 7.11 Å². The van der Waals surface area contributed by atoms with Gasteiger partial charge in [-0.05, 0) is 43.2 Å². The highest BCUT2D eigenvalue weighted by atomic mass is 16.5. The number of allylic oxidation sites excluding steroid dienone is 1. The van der Waals surface area contributed by atoms with Crippen molar-refractivity contribution in [2.24, 2.45) is 0 Å². The van der Waals surface area contributed by atoms with Crippen molar-refractivity contribution in [3.63, 3.8) is 0 Å². The average molecular weight is 291 g/mol. The number of aryl methyl sites for hydroxylation is 2. The molecule has 0 amide bonds. The summed E-state index contributed by atoms with van der Waals surface area (Å²) in [6.07, 6.45) is 1.64. The fourth-order valence-corrected chi connectivity index (χ4v) is 2.21. The molecule has 0 aromatic heterocycles. The lowest BCUT2D eigenvalue weighted by atomic mass is 9.99. The van der Waals surface area contributed by atoms with Crippen molar-refractivity contribution >= 4 is 11.9 Å². The average Bonchev–Trinajstić information content (AvgIpc) is 2.53. The smallest absolute Gasteiger partial charge is 0.203 e. The molecule has 0 atom stereocenters. The molecular formula is C19H17NO2. The van der Waals surface area contributed by atoms with Crippen molar-refractivity contribution in [1.29, 1.82) is 5.26 Å². The summed E-state index contributed by atoms with van der Waals surface area (Å²) >= 11 is 0. The number of Topliss-reactive ketones (excluding diaryl/α,β-unsaturated/α-hetero) is 1. The fraction of sp³-hybridized carbons (Fsp3) is 0.158. The summed E-state index contributed by atoms with van der Waals surface area (Å²) in [6, 6.07) is 14.7. The fourth-order valence-electron chi connectivity index (χ4n) is 2.21. The van der Waals surface area contributed by atoms with Gasteiger partial charge in [-0.25, -0.2) is 0 Å². The third-order valence-corrected chi connectivity index (χ3v) is 3.42. The van der Waals surface area contributed by atoms with Gasteiger partial charge in [0.1, 0.15) is 17.4 Å². The van der Waals surface area contributed by atoms with Crippen LogP contribution < -0.4 is 4.74 Å². The summed E-state index contributed by atoms with van der Waals surface area (Å²) in [4.78, 5) is 12.5. The van der Waals surface area contributed by atoms with E-state index in [2.05, 4.69) is 0 Å². The first-order valence-corrected chi connectivity index (χ1v) is 6.93. The van der Waals surface area contributed by atoms with Crippen molar-refractivity contribution in [2.45, 2.75) is 13.8 Å². The molecule has 0 spiro atoms. The second-order valence-electron chi connectivity index (χ2n) is 5.09. The van der Waals surface area contributed by atoms with Crippen LogP contribution >= 0.6 is 0 Å². The molecule has 0 saturated carbocycles. The summed E-state index contributed by atoms with van der Waals surface area (Å²) in [7, 11) is 1.54. The topological polar surface area (TPSA) is 50.1 Å². The van der Waals surface area contributed by atoms with E-state index in [0.29, 0.717) is 11.3 Å². The molecule has 0 aliphatic heterocycles. The number of methoxy groups -OCH3 is 1. The maximum absolute atomic E-state index is 12.5. The lowest BCUT2D eigenvalue weighted by molar-refractivity contribution is 0.103. The van der Waals surface area contributed by atoms with Gasteiger partial charge >= 0.3 is 0 Å². The van der Waals surface area contributed by atoms with Crippen molar-refractivity contribution in [3.05, 3.63) is 70.3 Å². The largest absolute Gasteiger partial charge is 0.497 e. The molecule has 2 rings (SSSR count). The minimum Gasteiger partial charge on any atom is -0.497 e. The molecule has 0 fully saturated rings. The summed E-state index contributed by atoms with van der Waals surface area (Å²) in [6.45, 7) is 3.97. The lowest BCUT2D eigenvalue weighted by Crippen LogP contribution is -2.02. The normalized spacial score (nSPS) is 10.9. The summed E-state index contributed by atoms with van der Waals surface area (Å²) in [5.74, 6) is 0.288. The van der Waals surface area contributed by atoms with Gasteiger partial charge in [0.05, 0.1) is 7.11 Å². The maximum Gasteiger partial charge on any atom is 0.203 e. The predicted molar refractivity (Wildman–Crippen MR) is 86.8 cm³/mol. The molecule has 0 saturated heterocycles. The summed E-state index contributed by atoms with van der Waals surface area (Å²) in [5.41, 5.74) is 3.61. The Kier molecular flexibility index (Phi) is 4.75. The van der Waals surface area contributed by atoms with Gasteiger partial charge in [-0.2, -0.15) is 5.26 Å². The highest BCUT2D eigenvalue weighted by Gasteiger charge is 2.13. The van der Waals surface area contributed by atoms with Crippen LogP contribution in [-0.4, -0.2) is 12.9 Å². The molecule has 0 radical (unpaired) electrons. The number of nitrogens with zero attached hydrogens (tertiary/aromatic N) is 1. The molecule has 110 valence electrons. The van der Waals surface area contributed by atoms with Crippen molar-refractivity contribution in [3.8, 4) is 11.8 Å². The molecule has 0 bridgehead atoms. The SMILES string of the molecule is COc1cccc(C(=O)/C(C#N)=C/c2ccc(C)cc2C)c1. The van der Waals surface area contributed by atoms with Gasteiger partial charge in [-0.1, -0.05) is 35.9 Å². The van der Waals surface area contributed by atoms with Crippen LogP contribution in [0.1, 0.15) is 27.0 Å². The number of ether oxygens (including phenoxy) is 1. The first-order valence-electron chi connectivity index (χ1n) is 6.93. The van der Waals surface area contributed by atoms with E-state index in [1.807, 2.05) is 38.1 Å². The predicted octanol–water partition coefficient (Wildman–Crippen LogP) is 4.10. The standard InChI is InChI=1S/C19H17NO2/c1-13-7-8-15(14(2)9-13)10-17(12-20)19(21)16-5-4-6-18(11-16)22-3/h4-11H,1-3H3/b17-10+. The zero-order valence-electron chi connectivity index (χ0n) is 12.9. The Morgan fingerprint density at radius 3 is 2.59 bits per heavy atom. The van der Waals surface area contributed by atoms with Crippen LogP contribution in [0.2, 0.25) is 0 Å². The molecule has 0 unspecified atom stereocenters. The number of benzene rings is 2. The maximum atomic E-state index is 12.5. The van der Waals surface area contributed by atoms with Crippen LogP contribution in [0.4, 0.5) is 0 Å². The van der Waals surface area contributed by atoms with Crippen LogP contribution in [0.5, 0.6) is 5.75 Å². The molecule has 0 N–H and O–H groups in total. The molecule has 2 aromatic carbocycles. The zero-order chi connectivity index (χ0) is 16.1. The Balaban J connectivity index is 2.40. The van der Waals surface area contributed by atoms with E-state index in [9.17, 15) is 10.1 Å². The second-order valence-corrected chi connectivity index (χ2v) is 5.09. The van der Waals surface area contributed by atoms with E-state index in [4.69, 9.17) is 4.74 Å². The van der Waals surface area contributed by atoms with Crippen LogP contribution in [0.25, 0.3) is 6.08 Å². The number of ketones is 1. The van der Waals surface area contributed by atoms with E-state index in [1.54, 1.807) is 37.5 Å². The molecule has 2 aromatic rings. The van der Waals surface area contributed by atoms with E-state index in [1.165, 1.54) is 0 Å². The Morgan fingerprint density at radius 1 is 1.18 bits per heavy atom. The molecule has 0 aliphatic rings. The molecule has 0 aliphatic carbocycles. The van der Waals surface area contributed by atoms with Gasteiger partial charge in [0, 0.05) is 5.56 Å². The highest BCUT2D eigenvalue weighted by molar-refractivity contribution is 6.14. The molecular weight excluding hydrogens is 274 g/mol. The number of carbonyl (C=O) groups is 1. The van der Waals surface area contributed by atoms with Crippen molar-refractivity contribution < 1.29 is 9.53 Å². The van der Waals surface area contributed by atoms with E-state index >= 15 is 0 Å². The second kappa shape index (κ2) is 6.73. The summed E-state index contributed by atoms with van der Waals surface area (Å²) < 4.78 is 5.11. The molecule has 0 heterocycles. The monoisotopic (exact) mass is 291 g/mol. The number of hydrogen-bond acceptors (Lipinski definition) is 3. The van der Waals surface area contributed by atoms with Gasteiger partial charge < -0.3 is 4.74 Å². The minimum atomic E-state index is -0.304. The highest BCUT2D eigenvalue weighted by Crippen LogP contribution is 2.19. The first-order chi connectivity index (χ1) is 10.5. The van der Waals surface area contributed by atoms with Gasteiger partial charge in [-0.15, -0.1) is 0 Å². The Morgan fingerprint density at radius 2 is 1.95 bits per heavy atom. The Bertz CT molecular complexity index is 782. The number of carbonyl (C=O) groups excluding carboxylic acids is 1. The van der Waals surface area contributed by atoms with Gasteiger partial charge in [0.25, 0.3) is 0 Å². The van der Waals surface area contributed by atoms with Crippen LogP contribution in [-0.2, 0) is 0 Å². The Hall–Kier alpha value is -2.86. The minimum absolute atomic E-state index is 0.111. The number of rotatable bonds is 4. The zero-order valence-corrected chi connectivity index (χ0v) is 12.9. The van der Waals surface area contributed by atoms with Gasteiger partial charge in [0.15, 0.2) is 0 Å². The number of nitriles is 1. The van der Waals surface area contributed by atoms with E-state index in [0.717, 1.165) is 16.7 Å². The van der Waals surface area contributed by atoms with E-state index < -0.39 is 0 Å². The van der Waals surface area contributed by atoms with Crippen molar-refractivity contribution in [1.82, 2.24) is 0 Å². The van der Waals surface area contributed by atoms with Gasteiger partial charge in [-0.3, -0.25) is 4.79 Å². The third kappa shape index (κ3) is 3.42. The lowest BCUT2D eigenvalue weighted by Gasteiger charge is -2.05. The summed E-state index contributed by atoms with van der Waals surface area (Å²) in [5, 5.41) is 9.32. The van der Waals surface area contributed by atoms with Gasteiger partial charge in [0.2, 0.25) is 5.78 Å². The number of hydrogen-bond donors (Lipinski definition) is 0. The molecule has 3 nitrogen and oxygen atoms in total.